The quantitative estimate of drug-likeness (QED) is 0.870. The lowest BCUT2D eigenvalue weighted by Gasteiger charge is -2.34. The molecule has 0 amide bonds. The number of nitrogens with zero attached hydrogens (tertiary/aromatic N) is 2. The zero-order valence-corrected chi connectivity index (χ0v) is 13.3. The van der Waals surface area contributed by atoms with Gasteiger partial charge in [0, 0.05) is 44.1 Å². The molecular weight excluding hydrogens is 298 g/mol. The van der Waals surface area contributed by atoms with Crippen molar-refractivity contribution >= 4 is 11.3 Å². The average Bonchev–Trinajstić information content (AvgIpc) is 2.91. The minimum absolute atomic E-state index is 0.00719. The van der Waals surface area contributed by atoms with Crippen LogP contribution in [-0.2, 0) is 6.54 Å². The number of aliphatic hydroxyl groups excluding tert-OH is 1. The minimum Gasteiger partial charge on any atom is -0.395 e. The first kappa shape index (κ1) is 15.4. The number of aromatic nitrogens is 1. The Morgan fingerprint density at radius 1 is 1.09 bits per heavy atom. The number of H-pyrrole nitrogens is 1. The van der Waals surface area contributed by atoms with Gasteiger partial charge in [0.2, 0.25) is 0 Å². The highest BCUT2D eigenvalue weighted by molar-refractivity contribution is 7.09. The van der Waals surface area contributed by atoms with Gasteiger partial charge in [-0.05, 0) is 5.56 Å². The van der Waals surface area contributed by atoms with Gasteiger partial charge in [0.15, 0.2) is 0 Å². The topological polar surface area (TPSA) is 59.6 Å². The summed E-state index contributed by atoms with van der Waals surface area (Å²) in [4.78, 5) is 20.5. The van der Waals surface area contributed by atoms with Crippen LogP contribution in [0.15, 0.2) is 35.1 Å². The van der Waals surface area contributed by atoms with Gasteiger partial charge in [-0.15, -0.1) is 0 Å². The van der Waals surface area contributed by atoms with Crippen LogP contribution in [0.2, 0.25) is 0 Å². The summed E-state index contributed by atoms with van der Waals surface area (Å²) in [6, 6.07) is 10.0. The lowest BCUT2D eigenvalue weighted by Crippen LogP contribution is -2.46. The van der Waals surface area contributed by atoms with E-state index < -0.39 is 0 Å². The number of β-amino-alcohol motifs (C(OH)–C–C–N with tert-alkyl or cyclic N) is 1. The summed E-state index contributed by atoms with van der Waals surface area (Å²) in [6.07, 6.45) is 0. The van der Waals surface area contributed by atoms with E-state index in [0.717, 1.165) is 55.4 Å². The molecule has 1 fully saturated rings. The third kappa shape index (κ3) is 3.64. The smallest absolute Gasteiger partial charge is 0.305 e. The van der Waals surface area contributed by atoms with Crippen LogP contribution < -0.4 is 4.87 Å². The molecule has 3 rings (SSSR count). The molecule has 0 saturated carbocycles. The zero-order chi connectivity index (χ0) is 15.4. The highest BCUT2D eigenvalue weighted by atomic mass is 32.1. The van der Waals surface area contributed by atoms with Crippen LogP contribution in [0, 0.1) is 0 Å². The predicted molar refractivity (Wildman–Crippen MR) is 89.2 cm³/mol. The zero-order valence-electron chi connectivity index (χ0n) is 12.5. The maximum atomic E-state index is 11.8. The molecule has 2 heterocycles. The Labute approximate surface area is 133 Å². The molecule has 5 nitrogen and oxygen atoms in total. The summed E-state index contributed by atoms with van der Waals surface area (Å²) < 4.78 is 0. The minimum atomic E-state index is 0.00719. The molecule has 2 aromatic rings. The maximum absolute atomic E-state index is 11.8. The first-order valence-electron chi connectivity index (χ1n) is 7.59. The van der Waals surface area contributed by atoms with Crippen LogP contribution in [-0.4, -0.2) is 59.2 Å². The number of aromatic amines is 1. The van der Waals surface area contributed by atoms with Crippen molar-refractivity contribution in [2.45, 2.75) is 6.54 Å². The number of nitrogens with one attached hydrogen (secondary N) is 1. The maximum Gasteiger partial charge on any atom is 0.305 e. The van der Waals surface area contributed by atoms with Crippen molar-refractivity contribution in [3.63, 3.8) is 0 Å². The summed E-state index contributed by atoms with van der Waals surface area (Å²) >= 11 is 1.31. The Morgan fingerprint density at radius 2 is 1.77 bits per heavy atom. The molecule has 0 unspecified atom stereocenters. The molecule has 1 aliphatic rings. The molecule has 0 atom stereocenters. The molecule has 1 aromatic heterocycles. The van der Waals surface area contributed by atoms with Gasteiger partial charge in [-0.25, -0.2) is 0 Å². The summed E-state index contributed by atoms with van der Waals surface area (Å²) in [5.41, 5.74) is 2.02. The van der Waals surface area contributed by atoms with E-state index in [9.17, 15) is 4.79 Å². The fourth-order valence-corrected chi connectivity index (χ4v) is 3.72. The standard InChI is InChI=1S/C16H21N3O2S/c20-11-10-18-6-8-19(9-7-18)12-14-15(17-16(21)22-14)13-4-2-1-3-5-13/h1-5,20H,6-12H2,(H,17,21). The Balaban J connectivity index is 1.70. The lowest BCUT2D eigenvalue weighted by atomic mass is 10.1. The molecule has 6 heteroatoms. The van der Waals surface area contributed by atoms with Gasteiger partial charge in [0.1, 0.15) is 0 Å². The lowest BCUT2D eigenvalue weighted by molar-refractivity contribution is 0.109. The predicted octanol–water partition coefficient (Wildman–Crippen LogP) is 1.21. The van der Waals surface area contributed by atoms with Crippen molar-refractivity contribution in [2.24, 2.45) is 0 Å². The Bertz CT molecular complexity index is 645. The number of benzene rings is 1. The molecular formula is C16H21N3O2S. The van der Waals surface area contributed by atoms with Gasteiger partial charge in [-0.3, -0.25) is 14.6 Å². The fraction of sp³-hybridized carbons (Fsp3) is 0.438. The number of hydrogen-bond donors (Lipinski definition) is 2. The Kier molecular flexibility index (Phi) is 5.04. The summed E-state index contributed by atoms with van der Waals surface area (Å²) in [7, 11) is 0. The van der Waals surface area contributed by atoms with E-state index in [-0.39, 0.29) is 11.5 Å². The number of hydrogen-bond acceptors (Lipinski definition) is 5. The van der Waals surface area contributed by atoms with Crippen LogP contribution in [0.25, 0.3) is 11.3 Å². The summed E-state index contributed by atoms with van der Waals surface area (Å²) in [6.45, 7) is 5.67. The Morgan fingerprint density at radius 3 is 2.45 bits per heavy atom. The van der Waals surface area contributed by atoms with Crippen molar-refractivity contribution in [1.29, 1.82) is 0 Å². The fourth-order valence-electron chi connectivity index (χ4n) is 2.83. The molecule has 22 heavy (non-hydrogen) atoms. The van der Waals surface area contributed by atoms with Crippen LogP contribution in [0.4, 0.5) is 0 Å². The van der Waals surface area contributed by atoms with E-state index in [2.05, 4.69) is 14.8 Å². The second-order valence-electron chi connectivity index (χ2n) is 5.52. The third-order valence-corrected chi connectivity index (χ3v) is 4.90. The van der Waals surface area contributed by atoms with Gasteiger partial charge in [0.05, 0.1) is 12.3 Å². The van der Waals surface area contributed by atoms with Crippen LogP contribution >= 0.6 is 11.3 Å². The van der Waals surface area contributed by atoms with Crippen LogP contribution in [0.5, 0.6) is 0 Å². The van der Waals surface area contributed by atoms with E-state index in [1.165, 1.54) is 11.3 Å². The Hall–Kier alpha value is -1.47. The van der Waals surface area contributed by atoms with Crippen molar-refractivity contribution in [3.05, 3.63) is 44.9 Å². The highest BCUT2D eigenvalue weighted by Gasteiger charge is 2.19. The highest BCUT2D eigenvalue weighted by Crippen LogP contribution is 2.24. The number of thiazole rings is 1. The van der Waals surface area contributed by atoms with Gasteiger partial charge in [-0.2, -0.15) is 0 Å². The monoisotopic (exact) mass is 319 g/mol. The molecule has 0 bridgehead atoms. The summed E-state index contributed by atoms with van der Waals surface area (Å²) in [5.74, 6) is 0. The molecule has 1 aliphatic heterocycles. The van der Waals surface area contributed by atoms with Gasteiger partial charge in [-0.1, -0.05) is 41.7 Å². The van der Waals surface area contributed by atoms with Gasteiger partial charge < -0.3 is 10.1 Å². The van der Waals surface area contributed by atoms with E-state index in [0.29, 0.717) is 0 Å². The first-order valence-corrected chi connectivity index (χ1v) is 8.41. The second-order valence-corrected chi connectivity index (χ2v) is 6.59. The molecule has 2 N–H and O–H groups in total. The molecule has 1 saturated heterocycles. The first-order chi connectivity index (χ1) is 10.8. The van der Waals surface area contributed by atoms with Gasteiger partial charge in [0.25, 0.3) is 0 Å². The SMILES string of the molecule is O=c1[nH]c(-c2ccccc2)c(CN2CCN(CCO)CC2)s1. The number of aliphatic hydroxyl groups is 1. The second kappa shape index (κ2) is 7.19. The van der Waals surface area contributed by atoms with Crippen molar-refractivity contribution < 1.29 is 5.11 Å². The van der Waals surface area contributed by atoms with E-state index in [1.807, 2.05) is 30.3 Å². The van der Waals surface area contributed by atoms with Gasteiger partial charge >= 0.3 is 4.87 Å². The van der Waals surface area contributed by atoms with E-state index >= 15 is 0 Å². The molecule has 0 aliphatic carbocycles. The average molecular weight is 319 g/mol. The molecule has 1 aromatic carbocycles. The van der Waals surface area contributed by atoms with Crippen molar-refractivity contribution in [1.82, 2.24) is 14.8 Å². The summed E-state index contributed by atoms with van der Waals surface area (Å²) in [5, 5.41) is 8.99. The van der Waals surface area contributed by atoms with Crippen molar-refractivity contribution in [2.75, 3.05) is 39.3 Å². The van der Waals surface area contributed by atoms with Crippen molar-refractivity contribution in [3.8, 4) is 11.3 Å². The van der Waals surface area contributed by atoms with Crippen LogP contribution in [0.3, 0.4) is 0 Å². The molecule has 0 radical (unpaired) electrons. The largest absolute Gasteiger partial charge is 0.395 e. The van der Waals surface area contributed by atoms with E-state index in [4.69, 9.17) is 5.11 Å². The number of rotatable bonds is 5. The molecule has 118 valence electrons. The molecule has 0 spiro atoms. The number of piperazine rings is 1. The van der Waals surface area contributed by atoms with E-state index in [1.54, 1.807) is 0 Å². The van der Waals surface area contributed by atoms with Crippen LogP contribution in [0.1, 0.15) is 4.88 Å². The normalized spacial score (nSPS) is 17.0. The third-order valence-electron chi connectivity index (χ3n) is 4.03.